The molecule has 4 rings (SSSR count). The van der Waals surface area contributed by atoms with Gasteiger partial charge >= 0.3 is 17.9 Å². The zero-order valence-electron chi connectivity index (χ0n) is 18.9. The highest BCUT2D eigenvalue weighted by atomic mass is 35.5. The maximum atomic E-state index is 15.7. The summed E-state index contributed by atoms with van der Waals surface area (Å²) in [7, 11) is 0. The van der Waals surface area contributed by atoms with E-state index in [1.165, 1.54) is 24.3 Å². The molecule has 3 aromatic rings. The summed E-state index contributed by atoms with van der Waals surface area (Å²) in [4.78, 5) is 37.7. The Balaban J connectivity index is 1.52. The van der Waals surface area contributed by atoms with Gasteiger partial charge in [-0.1, -0.05) is 66.2 Å². The zero-order chi connectivity index (χ0) is 25.5. The quantitative estimate of drug-likeness (QED) is 0.260. The lowest BCUT2D eigenvalue weighted by molar-refractivity contribution is -0.189. The van der Waals surface area contributed by atoms with Gasteiger partial charge < -0.3 is 18.9 Å². The van der Waals surface area contributed by atoms with Crippen molar-refractivity contribution in [2.24, 2.45) is 0 Å². The first-order valence-electron chi connectivity index (χ1n) is 11.1. The number of rotatable bonds is 7. The number of halogens is 2. The summed E-state index contributed by atoms with van der Waals surface area (Å²) in [5.74, 6) is -2.32. The Morgan fingerprint density at radius 3 is 1.58 bits per heavy atom. The van der Waals surface area contributed by atoms with E-state index in [1.807, 2.05) is 0 Å². The van der Waals surface area contributed by atoms with E-state index in [2.05, 4.69) is 0 Å². The first-order valence-corrected chi connectivity index (χ1v) is 11.6. The summed E-state index contributed by atoms with van der Waals surface area (Å²) in [6.45, 7) is -0.503. The Morgan fingerprint density at radius 1 is 0.694 bits per heavy atom. The highest BCUT2D eigenvalue weighted by Gasteiger charge is 2.51. The number of carbonyl (C=O) groups excluding carboxylic acids is 3. The lowest BCUT2D eigenvalue weighted by Gasteiger charge is -2.40. The summed E-state index contributed by atoms with van der Waals surface area (Å²) in [5, 5.41) is 0. The average molecular weight is 513 g/mol. The van der Waals surface area contributed by atoms with Crippen molar-refractivity contribution < 1.29 is 37.7 Å². The fourth-order valence-corrected chi connectivity index (χ4v) is 3.92. The summed E-state index contributed by atoms with van der Waals surface area (Å²) in [5.41, 5.74) is -0.752. The van der Waals surface area contributed by atoms with Crippen molar-refractivity contribution in [1.82, 2.24) is 0 Å². The van der Waals surface area contributed by atoms with Crippen LogP contribution in [0, 0.1) is 0 Å². The molecule has 0 bridgehead atoms. The van der Waals surface area contributed by atoms with E-state index in [9.17, 15) is 14.4 Å². The third-order valence-corrected chi connectivity index (χ3v) is 5.80. The SMILES string of the molecule is O=C(OCC1OC(Cl)C(OC(=O)c2ccccc2)C(OC(=O)c2ccccc2)C1F)c1ccccc1. The molecular weight excluding hydrogens is 491 g/mol. The molecule has 0 saturated carbocycles. The van der Waals surface area contributed by atoms with Gasteiger partial charge in [0.2, 0.25) is 0 Å². The second kappa shape index (κ2) is 11.8. The smallest absolute Gasteiger partial charge is 0.338 e. The van der Waals surface area contributed by atoms with E-state index in [4.69, 9.17) is 30.5 Å². The Labute approximate surface area is 211 Å². The molecule has 7 nitrogen and oxygen atoms in total. The minimum Gasteiger partial charge on any atom is -0.459 e. The van der Waals surface area contributed by atoms with Crippen molar-refractivity contribution >= 4 is 29.5 Å². The van der Waals surface area contributed by atoms with Gasteiger partial charge in [0.05, 0.1) is 16.7 Å². The molecule has 5 unspecified atom stereocenters. The van der Waals surface area contributed by atoms with Gasteiger partial charge in [-0.15, -0.1) is 0 Å². The summed E-state index contributed by atoms with van der Waals surface area (Å²) in [6.07, 6.45) is -6.49. The minimum atomic E-state index is -2.02. The van der Waals surface area contributed by atoms with Crippen molar-refractivity contribution in [3.63, 3.8) is 0 Å². The van der Waals surface area contributed by atoms with Crippen LogP contribution in [0.2, 0.25) is 0 Å². The maximum absolute atomic E-state index is 15.7. The van der Waals surface area contributed by atoms with Crippen LogP contribution in [0.25, 0.3) is 0 Å². The fourth-order valence-electron chi connectivity index (χ4n) is 3.59. The molecule has 0 amide bonds. The summed E-state index contributed by atoms with van der Waals surface area (Å²) < 4.78 is 37.2. The minimum absolute atomic E-state index is 0.169. The van der Waals surface area contributed by atoms with Gasteiger partial charge in [0, 0.05) is 0 Å². The highest BCUT2D eigenvalue weighted by Crippen LogP contribution is 2.31. The Kier molecular flexibility index (Phi) is 8.30. The van der Waals surface area contributed by atoms with Crippen LogP contribution in [-0.2, 0) is 18.9 Å². The molecule has 1 heterocycles. The van der Waals surface area contributed by atoms with Crippen molar-refractivity contribution in [2.75, 3.05) is 6.61 Å². The van der Waals surface area contributed by atoms with Crippen LogP contribution in [0.15, 0.2) is 91.0 Å². The van der Waals surface area contributed by atoms with E-state index in [-0.39, 0.29) is 16.7 Å². The number of esters is 3. The standard InChI is InChI=1S/C27H22ClFO7/c28-24-23(36-27(32)19-14-8-3-9-15-19)22(35-26(31)18-12-6-2-7-13-18)21(29)20(34-24)16-33-25(30)17-10-4-1-5-11-17/h1-15,20-24H,16H2. The van der Waals surface area contributed by atoms with Gasteiger partial charge in [0.15, 0.2) is 23.9 Å². The number of hydrogen-bond donors (Lipinski definition) is 0. The second-order valence-electron chi connectivity index (χ2n) is 7.91. The topological polar surface area (TPSA) is 88.1 Å². The number of hydrogen-bond acceptors (Lipinski definition) is 7. The average Bonchev–Trinajstić information content (AvgIpc) is 2.92. The van der Waals surface area contributed by atoms with E-state index in [1.54, 1.807) is 66.7 Å². The number of benzene rings is 3. The predicted octanol–water partition coefficient (Wildman–Crippen LogP) is 4.60. The second-order valence-corrected chi connectivity index (χ2v) is 8.34. The van der Waals surface area contributed by atoms with Gasteiger partial charge in [0.25, 0.3) is 0 Å². The Bertz CT molecular complexity index is 1180. The van der Waals surface area contributed by atoms with E-state index < -0.39 is 54.6 Å². The molecule has 0 N–H and O–H groups in total. The maximum Gasteiger partial charge on any atom is 0.338 e. The molecular formula is C27H22ClFO7. The molecule has 1 saturated heterocycles. The Morgan fingerprint density at radius 2 is 1.11 bits per heavy atom. The van der Waals surface area contributed by atoms with Gasteiger partial charge in [-0.05, 0) is 36.4 Å². The van der Waals surface area contributed by atoms with Crippen LogP contribution in [-0.4, -0.2) is 54.6 Å². The molecule has 9 heteroatoms. The third kappa shape index (κ3) is 6.08. The van der Waals surface area contributed by atoms with Crippen LogP contribution >= 0.6 is 11.6 Å². The largest absolute Gasteiger partial charge is 0.459 e. The molecule has 0 radical (unpaired) electrons. The predicted molar refractivity (Wildman–Crippen MR) is 127 cm³/mol. The van der Waals surface area contributed by atoms with E-state index in [0.29, 0.717) is 0 Å². The molecule has 5 atom stereocenters. The number of carbonyl (C=O) groups is 3. The van der Waals surface area contributed by atoms with Crippen LogP contribution < -0.4 is 0 Å². The molecule has 0 aromatic heterocycles. The van der Waals surface area contributed by atoms with Crippen molar-refractivity contribution in [1.29, 1.82) is 0 Å². The first kappa shape index (κ1) is 25.3. The normalized spacial score (nSPS) is 23.3. The third-order valence-electron chi connectivity index (χ3n) is 5.45. The monoisotopic (exact) mass is 512 g/mol. The van der Waals surface area contributed by atoms with Crippen LogP contribution in [0.5, 0.6) is 0 Å². The van der Waals surface area contributed by atoms with Crippen LogP contribution in [0.1, 0.15) is 31.1 Å². The first-order chi connectivity index (χ1) is 17.4. The van der Waals surface area contributed by atoms with Gasteiger partial charge in [-0.25, -0.2) is 18.8 Å². The van der Waals surface area contributed by atoms with E-state index in [0.717, 1.165) is 0 Å². The summed E-state index contributed by atoms with van der Waals surface area (Å²) >= 11 is 6.33. The van der Waals surface area contributed by atoms with Crippen molar-refractivity contribution in [3.05, 3.63) is 108 Å². The molecule has 1 fully saturated rings. The van der Waals surface area contributed by atoms with Crippen molar-refractivity contribution in [2.45, 2.75) is 30.0 Å². The van der Waals surface area contributed by atoms with Crippen LogP contribution in [0.4, 0.5) is 4.39 Å². The molecule has 0 spiro atoms. The van der Waals surface area contributed by atoms with Crippen LogP contribution in [0.3, 0.4) is 0 Å². The van der Waals surface area contributed by atoms with Crippen molar-refractivity contribution in [3.8, 4) is 0 Å². The molecule has 36 heavy (non-hydrogen) atoms. The fraction of sp³-hybridized carbons (Fsp3) is 0.222. The summed E-state index contributed by atoms with van der Waals surface area (Å²) in [6, 6.07) is 24.1. The molecule has 1 aliphatic heterocycles. The Hall–Kier alpha value is -3.75. The molecule has 1 aliphatic rings. The van der Waals surface area contributed by atoms with Gasteiger partial charge in [-0.2, -0.15) is 0 Å². The molecule has 3 aromatic carbocycles. The molecule has 186 valence electrons. The molecule has 0 aliphatic carbocycles. The van der Waals surface area contributed by atoms with Gasteiger partial charge in [0.1, 0.15) is 12.7 Å². The van der Waals surface area contributed by atoms with Gasteiger partial charge in [-0.3, -0.25) is 0 Å². The van der Waals surface area contributed by atoms with E-state index >= 15 is 4.39 Å². The number of alkyl halides is 2. The lowest BCUT2D eigenvalue weighted by atomic mass is 10.0. The zero-order valence-corrected chi connectivity index (χ0v) is 19.6. The number of ether oxygens (including phenoxy) is 4. The highest BCUT2D eigenvalue weighted by molar-refractivity contribution is 6.20. The lowest BCUT2D eigenvalue weighted by Crippen LogP contribution is -2.58.